The number of nitrogens with one attached hydrogen (secondary N) is 1. The summed E-state index contributed by atoms with van der Waals surface area (Å²) in [5.74, 6) is 0.318. The van der Waals surface area contributed by atoms with Gasteiger partial charge in [-0.05, 0) is 0 Å². The Labute approximate surface area is 63.2 Å². The van der Waals surface area contributed by atoms with Crippen molar-refractivity contribution in [3.8, 4) is 0 Å². The first-order valence-electron chi connectivity index (χ1n) is 3.38. The third-order valence-electron chi connectivity index (χ3n) is 1.72. The summed E-state index contributed by atoms with van der Waals surface area (Å²) in [5, 5.41) is 7.00. The number of carbonyl (C=O) groups is 1. The van der Waals surface area contributed by atoms with Crippen LogP contribution in [0, 0.1) is 0 Å². The average molecular weight is 152 g/mol. The number of hydrogen-bond donors (Lipinski definition) is 2. The number of primary amides is 1. The standard InChI is InChI=1S/C6H8N4O/c7-5(11)4-3-9-10-2-1-8-6(4)10/h3,8H,1-2H2,(H2,7,11). The van der Waals surface area contributed by atoms with Crippen molar-refractivity contribution in [1.82, 2.24) is 9.78 Å². The predicted molar refractivity (Wildman–Crippen MR) is 39.2 cm³/mol. The minimum atomic E-state index is -0.430. The Bertz CT molecular complexity index is 304. The lowest BCUT2D eigenvalue weighted by molar-refractivity contribution is 0.100. The summed E-state index contributed by atoms with van der Waals surface area (Å²) in [4.78, 5) is 10.8. The van der Waals surface area contributed by atoms with Crippen LogP contribution in [-0.2, 0) is 6.54 Å². The zero-order valence-electron chi connectivity index (χ0n) is 5.87. The molecule has 2 heterocycles. The minimum Gasteiger partial charge on any atom is -0.368 e. The summed E-state index contributed by atoms with van der Waals surface area (Å²) in [5.41, 5.74) is 5.57. The smallest absolute Gasteiger partial charge is 0.254 e. The van der Waals surface area contributed by atoms with Crippen molar-refractivity contribution in [3.05, 3.63) is 11.8 Å². The van der Waals surface area contributed by atoms with Gasteiger partial charge in [0.2, 0.25) is 0 Å². The van der Waals surface area contributed by atoms with E-state index >= 15 is 0 Å². The second-order valence-corrected chi connectivity index (χ2v) is 2.42. The van der Waals surface area contributed by atoms with Crippen LogP contribution in [0.2, 0.25) is 0 Å². The number of fused-ring (bicyclic) bond motifs is 1. The van der Waals surface area contributed by atoms with E-state index in [0.29, 0.717) is 5.56 Å². The van der Waals surface area contributed by atoms with Gasteiger partial charge in [0, 0.05) is 6.54 Å². The topological polar surface area (TPSA) is 72.9 Å². The molecule has 0 saturated heterocycles. The Kier molecular flexibility index (Phi) is 1.12. The molecule has 1 aliphatic rings. The lowest BCUT2D eigenvalue weighted by atomic mass is 10.3. The van der Waals surface area contributed by atoms with Crippen LogP contribution in [0.1, 0.15) is 10.4 Å². The summed E-state index contributed by atoms with van der Waals surface area (Å²) in [6.07, 6.45) is 1.49. The van der Waals surface area contributed by atoms with Crippen LogP contribution in [0.4, 0.5) is 5.82 Å². The highest BCUT2D eigenvalue weighted by Gasteiger charge is 2.18. The molecule has 5 heteroatoms. The number of carbonyl (C=O) groups excluding carboxylic acids is 1. The average Bonchev–Trinajstić information content (AvgIpc) is 2.41. The van der Waals surface area contributed by atoms with Crippen molar-refractivity contribution in [1.29, 1.82) is 0 Å². The molecule has 3 N–H and O–H groups in total. The third-order valence-corrected chi connectivity index (χ3v) is 1.72. The SMILES string of the molecule is NC(=O)c1cnn2c1NCC2. The molecule has 1 amide bonds. The van der Waals surface area contributed by atoms with Crippen molar-refractivity contribution >= 4 is 11.7 Å². The van der Waals surface area contributed by atoms with Crippen molar-refractivity contribution in [2.24, 2.45) is 5.73 Å². The molecule has 0 fully saturated rings. The van der Waals surface area contributed by atoms with Gasteiger partial charge in [0.25, 0.3) is 5.91 Å². The van der Waals surface area contributed by atoms with Gasteiger partial charge >= 0.3 is 0 Å². The fourth-order valence-corrected chi connectivity index (χ4v) is 1.20. The molecular formula is C6H8N4O. The van der Waals surface area contributed by atoms with E-state index in [2.05, 4.69) is 10.4 Å². The first-order chi connectivity index (χ1) is 5.29. The molecule has 0 atom stereocenters. The summed E-state index contributed by atoms with van der Waals surface area (Å²) in [7, 11) is 0. The zero-order valence-corrected chi connectivity index (χ0v) is 5.87. The Morgan fingerprint density at radius 1 is 1.82 bits per heavy atom. The number of hydrogen-bond acceptors (Lipinski definition) is 3. The summed E-state index contributed by atoms with van der Waals surface area (Å²) < 4.78 is 1.74. The molecule has 1 aromatic heterocycles. The Morgan fingerprint density at radius 2 is 2.64 bits per heavy atom. The van der Waals surface area contributed by atoms with Crippen molar-refractivity contribution in [3.63, 3.8) is 0 Å². The van der Waals surface area contributed by atoms with Gasteiger partial charge in [-0.2, -0.15) is 5.10 Å². The molecule has 0 aromatic carbocycles. The molecule has 58 valence electrons. The second kappa shape index (κ2) is 1.98. The minimum absolute atomic E-state index is 0.430. The van der Waals surface area contributed by atoms with Gasteiger partial charge in [0.1, 0.15) is 11.4 Å². The molecule has 0 radical (unpaired) electrons. The van der Waals surface area contributed by atoms with Crippen LogP contribution in [0.15, 0.2) is 6.20 Å². The van der Waals surface area contributed by atoms with Gasteiger partial charge in [0.05, 0.1) is 12.7 Å². The molecule has 1 aliphatic heterocycles. The molecule has 5 nitrogen and oxygen atoms in total. The number of rotatable bonds is 1. The predicted octanol–water partition coefficient (Wildman–Crippen LogP) is -0.593. The van der Waals surface area contributed by atoms with E-state index in [-0.39, 0.29) is 0 Å². The van der Waals surface area contributed by atoms with Crippen molar-refractivity contribution in [2.75, 3.05) is 11.9 Å². The third kappa shape index (κ3) is 0.772. The van der Waals surface area contributed by atoms with Crippen molar-refractivity contribution in [2.45, 2.75) is 6.54 Å². The Morgan fingerprint density at radius 3 is 3.36 bits per heavy atom. The van der Waals surface area contributed by atoms with Crippen LogP contribution >= 0.6 is 0 Å². The second-order valence-electron chi connectivity index (χ2n) is 2.42. The van der Waals surface area contributed by atoms with Gasteiger partial charge in [-0.25, -0.2) is 4.68 Å². The molecular weight excluding hydrogens is 144 g/mol. The molecule has 0 bridgehead atoms. The van der Waals surface area contributed by atoms with Crippen LogP contribution in [0.3, 0.4) is 0 Å². The largest absolute Gasteiger partial charge is 0.368 e. The van der Waals surface area contributed by atoms with E-state index in [1.807, 2.05) is 0 Å². The van der Waals surface area contributed by atoms with Gasteiger partial charge in [-0.1, -0.05) is 0 Å². The maximum absolute atomic E-state index is 10.8. The number of nitrogens with zero attached hydrogens (tertiary/aromatic N) is 2. The van der Waals surface area contributed by atoms with E-state index in [1.54, 1.807) is 4.68 Å². The molecule has 0 spiro atoms. The molecule has 0 aliphatic carbocycles. The van der Waals surface area contributed by atoms with E-state index in [0.717, 1.165) is 18.9 Å². The lowest BCUT2D eigenvalue weighted by Crippen LogP contribution is -2.11. The van der Waals surface area contributed by atoms with Gasteiger partial charge in [-0.15, -0.1) is 0 Å². The summed E-state index contributed by atoms with van der Waals surface area (Å²) in [6, 6.07) is 0. The quantitative estimate of drug-likeness (QED) is 0.564. The first-order valence-corrected chi connectivity index (χ1v) is 3.38. The van der Waals surface area contributed by atoms with E-state index < -0.39 is 5.91 Å². The highest BCUT2D eigenvalue weighted by Crippen LogP contribution is 2.17. The normalized spacial score (nSPS) is 14.2. The van der Waals surface area contributed by atoms with E-state index in [1.165, 1.54) is 6.20 Å². The van der Waals surface area contributed by atoms with Crippen molar-refractivity contribution < 1.29 is 4.79 Å². The highest BCUT2D eigenvalue weighted by atomic mass is 16.1. The van der Waals surface area contributed by atoms with Crippen LogP contribution in [-0.4, -0.2) is 22.2 Å². The van der Waals surface area contributed by atoms with E-state index in [4.69, 9.17) is 5.73 Å². The number of amides is 1. The zero-order chi connectivity index (χ0) is 7.84. The maximum atomic E-state index is 10.8. The highest BCUT2D eigenvalue weighted by molar-refractivity contribution is 5.97. The number of anilines is 1. The monoisotopic (exact) mass is 152 g/mol. The number of aromatic nitrogens is 2. The maximum Gasteiger partial charge on any atom is 0.254 e. The fourth-order valence-electron chi connectivity index (χ4n) is 1.20. The Balaban J connectivity index is 2.50. The number of nitrogens with two attached hydrogens (primary N) is 1. The summed E-state index contributed by atoms with van der Waals surface area (Å²) in [6.45, 7) is 1.63. The molecule has 11 heavy (non-hydrogen) atoms. The molecule has 0 saturated carbocycles. The lowest BCUT2D eigenvalue weighted by Gasteiger charge is -1.94. The van der Waals surface area contributed by atoms with Gasteiger partial charge in [0.15, 0.2) is 0 Å². The van der Waals surface area contributed by atoms with Gasteiger partial charge in [-0.3, -0.25) is 4.79 Å². The first kappa shape index (κ1) is 6.21. The Hall–Kier alpha value is -1.52. The van der Waals surface area contributed by atoms with Crippen LogP contribution in [0.25, 0.3) is 0 Å². The molecule has 2 rings (SSSR count). The van der Waals surface area contributed by atoms with E-state index in [9.17, 15) is 4.79 Å². The fraction of sp³-hybridized carbons (Fsp3) is 0.333. The summed E-state index contributed by atoms with van der Waals surface area (Å²) >= 11 is 0. The van der Waals surface area contributed by atoms with Crippen LogP contribution < -0.4 is 11.1 Å². The molecule has 0 unspecified atom stereocenters. The van der Waals surface area contributed by atoms with Crippen LogP contribution in [0.5, 0.6) is 0 Å². The van der Waals surface area contributed by atoms with Gasteiger partial charge < -0.3 is 11.1 Å². The molecule has 1 aromatic rings.